The molecule has 0 saturated carbocycles. The summed E-state index contributed by atoms with van der Waals surface area (Å²) in [5, 5.41) is 13.5. The lowest BCUT2D eigenvalue weighted by Gasteiger charge is -2.09. The molecular formula is C10H16N3O5P. The van der Waals surface area contributed by atoms with E-state index in [4.69, 9.17) is 15.5 Å². The Balaban J connectivity index is 2.42. The molecular weight excluding hydrogens is 273 g/mol. The van der Waals surface area contributed by atoms with E-state index in [1.54, 1.807) is 0 Å². The fourth-order valence-electron chi connectivity index (χ4n) is 1.49. The van der Waals surface area contributed by atoms with Gasteiger partial charge in [0, 0.05) is 24.8 Å². The first-order valence-electron chi connectivity index (χ1n) is 5.62. The highest BCUT2D eigenvalue weighted by atomic mass is 31.2. The number of nitro groups is 1. The van der Waals surface area contributed by atoms with Gasteiger partial charge in [-0.25, -0.2) is 0 Å². The lowest BCUT2D eigenvalue weighted by Crippen LogP contribution is -2.05. The predicted molar refractivity (Wildman–Crippen MR) is 72.1 cm³/mol. The van der Waals surface area contributed by atoms with Crippen LogP contribution in [0.4, 0.5) is 17.1 Å². The van der Waals surface area contributed by atoms with Crippen molar-refractivity contribution in [2.45, 2.75) is 12.8 Å². The lowest BCUT2D eigenvalue weighted by molar-refractivity contribution is -0.384. The molecule has 0 aromatic heterocycles. The van der Waals surface area contributed by atoms with Crippen LogP contribution in [0, 0.1) is 10.1 Å². The first-order valence-corrected chi connectivity index (χ1v) is 7.42. The van der Waals surface area contributed by atoms with E-state index in [1.807, 2.05) is 0 Å². The number of nitro benzene ring substituents is 1. The Morgan fingerprint density at radius 2 is 2.05 bits per heavy atom. The Labute approximate surface area is 109 Å². The third kappa shape index (κ3) is 5.69. The van der Waals surface area contributed by atoms with Crippen LogP contribution in [0.15, 0.2) is 18.2 Å². The summed E-state index contributed by atoms with van der Waals surface area (Å²) in [6, 6.07) is 4.11. The minimum Gasteiger partial charge on any atom is -0.397 e. The van der Waals surface area contributed by atoms with Gasteiger partial charge in [0.15, 0.2) is 0 Å². The van der Waals surface area contributed by atoms with Gasteiger partial charge in [0.2, 0.25) is 0 Å². The van der Waals surface area contributed by atoms with E-state index in [0.29, 0.717) is 25.1 Å². The number of anilines is 2. The van der Waals surface area contributed by atoms with Gasteiger partial charge in [-0.3, -0.25) is 14.7 Å². The number of benzene rings is 1. The molecule has 9 heteroatoms. The summed E-state index contributed by atoms with van der Waals surface area (Å²) in [4.78, 5) is 27.3. The highest BCUT2D eigenvalue weighted by molar-refractivity contribution is 7.51. The maximum absolute atomic E-state index is 10.6. The van der Waals surface area contributed by atoms with Crippen molar-refractivity contribution in [1.29, 1.82) is 0 Å². The van der Waals surface area contributed by atoms with Crippen molar-refractivity contribution < 1.29 is 19.3 Å². The van der Waals surface area contributed by atoms with Crippen LogP contribution < -0.4 is 11.1 Å². The van der Waals surface area contributed by atoms with Crippen LogP contribution in [0.2, 0.25) is 0 Å². The van der Waals surface area contributed by atoms with Crippen LogP contribution in [-0.4, -0.2) is 27.4 Å². The molecule has 0 atom stereocenters. The van der Waals surface area contributed by atoms with Crippen LogP contribution in [0.3, 0.4) is 0 Å². The summed E-state index contributed by atoms with van der Waals surface area (Å²) in [7, 11) is -3.93. The molecule has 0 aliphatic heterocycles. The minimum absolute atomic E-state index is 0.0791. The quantitative estimate of drug-likeness (QED) is 0.196. The largest absolute Gasteiger partial charge is 0.397 e. The number of unbranched alkanes of at least 4 members (excludes halogenated alkanes) is 1. The Kier molecular flexibility index (Phi) is 5.29. The van der Waals surface area contributed by atoms with Crippen molar-refractivity contribution in [3.8, 4) is 0 Å². The van der Waals surface area contributed by atoms with Crippen LogP contribution in [0.1, 0.15) is 12.8 Å². The van der Waals surface area contributed by atoms with Gasteiger partial charge in [0.1, 0.15) is 0 Å². The highest BCUT2D eigenvalue weighted by Crippen LogP contribution is 2.35. The molecule has 0 saturated heterocycles. The Bertz CT molecular complexity index is 502. The Hall–Kier alpha value is -1.63. The van der Waals surface area contributed by atoms with Crippen molar-refractivity contribution in [3.05, 3.63) is 28.3 Å². The van der Waals surface area contributed by atoms with Gasteiger partial charge in [0.25, 0.3) is 5.69 Å². The van der Waals surface area contributed by atoms with E-state index < -0.39 is 12.5 Å². The van der Waals surface area contributed by atoms with Gasteiger partial charge in [-0.1, -0.05) is 0 Å². The van der Waals surface area contributed by atoms with E-state index in [0.717, 1.165) is 0 Å². The van der Waals surface area contributed by atoms with E-state index >= 15 is 0 Å². The molecule has 0 fully saturated rings. The molecule has 0 amide bonds. The van der Waals surface area contributed by atoms with E-state index in [9.17, 15) is 14.7 Å². The number of nitrogens with two attached hydrogens (primary N) is 1. The molecule has 8 nitrogen and oxygen atoms in total. The zero-order valence-electron chi connectivity index (χ0n) is 10.2. The third-order valence-electron chi connectivity index (χ3n) is 2.44. The number of nitrogens with zero attached hydrogens (tertiary/aromatic N) is 1. The first-order chi connectivity index (χ1) is 8.79. The van der Waals surface area contributed by atoms with Crippen LogP contribution in [0.5, 0.6) is 0 Å². The van der Waals surface area contributed by atoms with Crippen LogP contribution in [0.25, 0.3) is 0 Å². The molecule has 0 spiro atoms. The summed E-state index contributed by atoms with van der Waals surface area (Å²) in [6.45, 7) is 0.488. The van der Waals surface area contributed by atoms with Crippen LogP contribution in [-0.2, 0) is 4.57 Å². The van der Waals surface area contributed by atoms with Crippen molar-refractivity contribution in [1.82, 2.24) is 0 Å². The number of rotatable bonds is 7. The molecule has 1 aromatic carbocycles. The van der Waals surface area contributed by atoms with Crippen molar-refractivity contribution in [2.75, 3.05) is 23.8 Å². The summed E-state index contributed by atoms with van der Waals surface area (Å²) in [5.74, 6) is 0. The molecule has 5 N–H and O–H groups in total. The maximum atomic E-state index is 10.6. The monoisotopic (exact) mass is 289 g/mol. The highest BCUT2D eigenvalue weighted by Gasteiger charge is 2.11. The number of hydrogen-bond acceptors (Lipinski definition) is 5. The summed E-state index contributed by atoms with van der Waals surface area (Å²) in [5.41, 5.74) is 6.41. The predicted octanol–water partition coefficient (Wildman–Crippen LogP) is 1.55. The van der Waals surface area contributed by atoms with Crippen molar-refractivity contribution in [3.63, 3.8) is 0 Å². The smallest absolute Gasteiger partial charge is 0.325 e. The van der Waals surface area contributed by atoms with Crippen molar-refractivity contribution in [2.24, 2.45) is 0 Å². The van der Waals surface area contributed by atoms with Crippen LogP contribution >= 0.6 is 7.60 Å². The van der Waals surface area contributed by atoms with E-state index in [2.05, 4.69) is 5.32 Å². The molecule has 0 bridgehead atoms. The molecule has 0 unspecified atom stereocenters. The fraction of sp³-hybridized carbons (Fsp3) is 0.400. The lowest BCUT2D eigenvalue weighted by atomic mass is 10.2. The van der Waals surface area contributed by atoms with Gasteiger partial charge in [0.05, 0.1) is 16.3 Å². The summed E-state index contributed by atoms with van der Waals surface area (Å²) in [6.07, 6.45) is 0.816. The SMILES string of the molecule is Nc1cc([N+](=O)[O-])ccc1NCCCCP(=O)(O)O. The molecule has 0 radical (unpaired) electrons. The number of nitrogen functional groups attached to an aromatic ring is 1. The second-order valence-electron chi connectivity index (χ2n) is 4.05. The minimum atomic E-state index is -3.93. The number of hydrogen-bond donors (Lipinski definition) is 4. The maximum Gasteiger partial charge on any atom is 0.325 e. The number of nitrogens with one attached hydrogen (secondary N) is 1. The molecule has 0 aliphatic carbocycles. The average Bonchev–Trinajstić information content (AvgIpc) is 2.28. The second-order valence-corrected chi connectivity index (χ2v) is 5.83. The Morgan fingerprint density at radius 3 is 2.58 bits per heavy atom. The fourth-order valence-corrected chi connectivity index (χ4v) is 2.13. The molecule has 19 heavy (non-hydrogen) atoms. The average molecular weight is 289 g/mol. The number of non-ortho nitro benzene ring substituents is 1. The molecule has 1 rings (SSSR count). The van der Waals surface area contributed by atoms with Gasteiger partial charge < -0.3 is 20.8 Å². The zero-order chi connectivity index (χ0) is 14.5. The molecule has 1 aromatic rings. The van der Waals surface area contributed by atoms with Crippen molar-refractivity contribution >= 4 is 24.7 Å². The summed E-state index contributed by atoms with van der Waals surface area (Å²) < 4.78 is 10.6. The Morgan fingerprint density at radius 1 is 1.37 bits per heavy atom. The summed E-state index contributed by atoms with van der Waals surface area (Å²) >= 11 is 0. The van der Waals surface area contributed by atoms with Gasteiger partial charge in [-0.2, -0.15) is 0 Å². The topological polar surface area (TPSA) is 139 Å². The zero-order valence-corrected chi connectivity index (χ0v) is 11.0. The second kappa shape index (κ2) is 6.51. The molecule has 0 aliphatic rings. The van der Waals surface area contributed by atoms with E-state index in [1.165, 1.54) is 18.2 Å². The standard InChI is InChI=1S/C10H16N3O5P/c11-9-7-8(13(14)15)3-4-10(9)12-5-1-2-6-19(16,17)18/h3-4,7,12H,1-2,5-6,11H2,(H2,16,17,18). The van der Waals surface area contributed by atoms with Gasteiger partial charge >= 0.3 is 7.60 Å². The van der Waals surface area contributed by atoms with Gasteiger partial charge in [-0.05, 0) is 18.9 Å². The normalized spacial score (nSPS) is 11.3. The molecule has 106 valence electrons. The third-order valence-corrected chi connectivity index (χ3v) is 3.34. The van der Waals surface area contributed by atoms with Gasteiger partial charge in [-0.15, -0.1) is 0 Å². The molecule has 0 heterocycles. The van der Waals surface area contributed by atoms with E-state index in [-0.39, 0.29) is 17.5 Å². The first kappa shape index (κ1) is 15.4.